The molecule has 2 rings (SSSR count). The molecule has 2 aromatic rings. The first kappa shape index (κ1) is 13.8. The number of carbonyl (C=O) groups is 1. The number of aromatic nitrogens is 3. The molecule has 0 bridgehead atoms. The van der Waals surface area contributed by atoms with Crippen LogP contribution >= 0.6 is 23.1 Å². The molecule has 0 aliphatic heterocycles. The fourth-order valence-corrected chi connectivity index (χ4v) is 3.17. The van der Waals surface area contributed by atoms with E-state index in [2.05, 4.69) is 20.5 Å². The highest BCUT2D eigenvalue weighted by atomic mass is 32.2. The number of nitrogens with zero attached hydrogens (tertiary/aromatic N) is 3. The number of anilines is 2. The molecule has 0 aliphatic rings. The molecule has 0 fully saturated rings. The van der Waals surface area contributed by atoms with Crippen LogP contribution in [0.4, 0.5) is 10.8 Å². The first-order chi connectivity index (χ1) is 9.19. The fourth-order valence-electron chi connectivity index (χ4n) is 1.37. The largest absolute Gasteiger partial charge is 0.374 e. The second kappa shape index (κ2) is 6.48. The van der Waals surface area contributed by atoms with Crippen LogP contribution in [0.5, 0.6) is 0 Å². The average molecular weight is 295 g/mol. The summed E-state index contributed by atoms with van der Waals surface area (Å²) in [6.07, 6.45) is 3.96. The van der Waals surface area contributed by atoms with Crippen molar-refractivity contribution < 1.29 is 4.79 Å². The van der Waals surface area contributed by atoms with Gasteiger partial charge in [0, 0.05) is 18.1 Å². The number of carbonyl (C=O) groups excluding carboxylic acids is 1. The van der Waals surface area contributed by atoms with E-state index in [9.17, 15) is 4.79 Å². The van der Waals surface area contributed by atoms with Crippen molar-refractivity contribution in [1.82, 2.24) is 15.2 Å². The molecule has 2 heterocycles. The van der Waals surface area contributed by atoms with Crippen molar-refractivity contribution >= 4 is 39.8 Å². The van der Waals surface area contributed by atoms with Crippen molar-refractivity contribution in [3.8, 4) is 0 Å². The minimum absolute atomic E-state index is 0.0625. The number of nitrogens with two attached hydrogens (primary N) is 1. The van der Waals surface area contributed by atoms with Gasteiger partial charge in [-0.25, -0.2) is 0 Å². The number of nitrogens with one attached hydrogen (secondary N) is 1. The average Bonchev–Trinajstić information content (AvgIpc) is 2.82. The van der Waals surface area contributed by atoms with Crippen LogP contribution in [0.3, 0.4) is 0 Å². The lowest BCUT2D eigenvalue weighted by molar-refractivity contribution is -0.115. The van der Waals surface area contributed by atoms with Crippen LogP contribution in [-0.4, -0.2) is 26.3 Å². The zero-order valence-corrected chi connectivity index (χ0v) is 11.9. The predicted octanol–water partition coefficient (Wildman–Crippen LogP) is 2.02. The molecule has 2 aromatic heterocycles. The van der Waals surface area contributed by atoms with E-state index >= 15 is 0 Å². The van der Waals surface area contributed by atoms with Gasteiger partial charge in [-0.2, -0.15) is 0 Å². The molecule has 1 atom stereocenters. The molecule has 1 unspecified atom stereocenters. The van der Waals surface area contributed by atoms with Crippen molar-refractivity contribution in [2.24, 2.45) is 0 Å². The van der Waals surface area contributed by atoms with Gasteiger partial charge < -0.3 is 11.1 Å². The standard InChI is InChI=1S/C11H13N5OS2/c1-2-8(18-11-16-15-10(12)19-11)9(17)14-7-3-5-13-6-4-7/h3-6,8H,2H2,1H3,(H2,12,15)(H,13,14,17). The summed E-state index contributed by atoms with van der Waals surface area (Å²) in [6, 6.07) is 3.50. The normalized spacial score (nSPS) is 12.1. The van der Waals surface area contributed by atoms with E-state index < -0.39 is 0 Å². The Morgan fingerprint density at radius 2 is 2.21 bits per heavy atom. The molecule has 8 heteroatoms. The molecule has 100 valence electrons. The number of thioether (sulfide) groups is 1. The van der Waals surface area contributed by atoms with E-state index in [1.54, 1.807) is 24.5 Å². The lowest BCUT2D eigenvalue weighted by atomic mass is 10.3. The van der Waals surface area contributed by atoms with Crippen LogP contribution in [0, 0.1) is 0 Å². The first-order valence-electron chi connectivity index (χ1n) is 5.65. The smallest absolute Gasteiger partial charge is 0.237 e. The van der Waals surface area contributed by atoms with Crippen LogP contribution in [-0.2, 0) is 4.79 Å². The Kier molecular flexibility index (Phi) is 4.69. The quantitative estimate of drug-likeness (QED) is 0.820. The van der Waals surface area contributed by atoms with Gasteiger partial charge in [-0.15, -0.1) is 10.2 Å². The molecule has 6 nitrogen and oxygen atoms in total. The monoisotopic (exact) mass is 295 g/mol. The van der Waals surface area contributed by atoms with Crippen molar-refractivity contribution in [2.75, 3.05) is 11.1 Å². The third-order valence-electron chi connectivity index (χ3n) is 2.28. The topological polar surface area (TPSA) is 93.8 Å². The maximum absolute atomic E-state index is 12.1. The number of hydrogen-bond donors (Lipinski definition) is 2. The molecule has 1 amide bonds. The van der Waals surface area contributed by atoms with Gasteiger partial charge in [0.1, 0.15) is 0 Å². The summed E-state index contributed by atoms with van der Waals surface area (Å²) in [7, 11) is 0. The van der Waals surface area contributed by atoms with Gasteiger partial charge in [0.15, 0.2) is 4.34 Å². The second-order valence-corrected chi connectivity index (χ2v) is 6.11. The van der Waals surface area contributed by atoms with E-state index in [1.807, 2.05) is 6.92 Å². The van der Waals surface area contributed by atoms with E-state index in [0.29, 0.717) is 15.9 Å². The third-order valence-corrected chi connectivity index (χ3v) is 4.48. The van der Waals surface area contributed by atoms with Crippen LogP contribution in [0.1, 0.15) is 13.3 Å². The van der Waals surface area contributed by atoms with E-state index in [-0.39, 0.29) is 11.2 Å². The Hall–Kier alpha value is -1.67. The fraction of sp³-hybridized carbons (Fsp3) is 0.273. The van der Waals surface area contributed by atoms with Gasteiger partial charge in [-0.1, -0.05) is 30.0 Å². The summed E-state index contributed by atoms with van der Waals surface area (Å²) in [4.78, 5) is 16.0. The van der Waals surface area contributed by atoms with E-state index in [1.165, 1.54) is 23.1 Å². The lowest BCUT2D eigenvalue weighted by Crippen LogP contribution is -2.24. The molecule has 0 aromatic carbocycles. The number of hydrogen-bond acceptors (Lipinski definition) is 7. The number of rotatable bonds is 5. The predicted molar refractivity (Wildman–Crippen MR) is 77.1 cm³/mol. The van der Waals surface area contributed by atoms with Crippen LogP contribution in [0.15, 0.2) is 28.9 Å². The Morgan fingerprint density at radius 1 is 1.47 bits per heavy atom. The molecule has 0 saturated carbocycles. The summed E-state index contributed by atoms with van der Waals surface area (Å²) < 4.78 is 0.703. The molecular formula is C11H13N5OS2. The molecule has 3 N–H and O–H groups in total. The molecule has 0 saturated heterocycles. The minimum Gasteiger partial charge on any atom is -0.374 e. The summed E-state index contributed by atoms with van der Waals surface area (Å²) in [6.45, 7) is 1.95. The number of pyridine rings is 1. The summed E-state index contributed by atoms with van der Waals surface area (Å²) in [5.74, 6) is -0.0625. The van der Waals surface area contributed by atoms with Crippen LogP contribution < -0.4 is 11.1 Å². The zero-order chi connectivity index (χ0) is 13.7. The number of amides is 1. The summed E-state index contributed by atoms with van der Waals surface area (Å²) >= 11 is 2.66. The van der Waals surface area contributed by atoms with Crippen LogP contribution in [0.2, 0.25) is 0 Å². The Morgan fingerprint density at radius 3 is 2.79 bits per heavy atom. The highest BCUT2D eigenvalue weighted by molar-refractivity contribution is 8.02. The zero-order valence-electron chi connectivity index (χ0n) is 10.2. The SMILES string of the molecule is CCC(Sc1nnc(N)s1)C(=O)Nc1ccncc1. The molecule has 0 spiro atoms. The van der Waals surface area contributed by atoms with Crippen molar-refractivity contribution in [1.29, 1.82) is 0 Å². The van der Waals surface area contributed by atoms with Gasteiger partial charge >= 0.3 is 0 Å². The van der Waals surface area contributed by atoms with Gasteiger partial charge in [0.2, 0.25) is 11.0 Å². The summed E-state index contributed by atoms with van der Waals surface area (Å²) in [5, 5.41) is 10.7. The molecular weight excluding hydrogens is 282 g/mol. The molecule has 0 radical (unpaired) electrons. The lowest BCUT2D eigenvalue weighted by Gasteiger charge is -2.12. The summed E-state index contributed by atoms with van der Waals surface area (Å²) in [5.41, 5.74) is 6.25. The number of nitrogen functional groups attached to an aromatic ring is 1. The van der Waals surface area contributed by atoms with Gasteiger partial charge in [0.05, 0.1) is 5.25 Å². The maximum atomic E-state index is 12.1. The Balaban J connectivity index is 1.99. The molecule has 0 aliphatic carbocycles. The van der Waals surface area contributed by atoms with Crippen molar-refractivity contribution in [2.45, 2.75) is 22.9 Å². The highest BCUT2D eigenvalue weighted by Crippen LogP contribution is 2.29. The third kappa shape index (κ3) is 3.90. The first-order valence-corrected chi connectivity index (χ1v) is 7.35. The van der Waals surface area contributed by atoms with Crippen LogP contribution in [0.25, 0.3) is 0 Å². The van der Waals surface area contributed by atoms with E-state index in [0.717, 1.165) is 5.69 Å². The Labute approximate surface area is 118 Å². The van der Waals surface area contributed by atoms with Gasteiger partial charge in [-0.3, -0.25) is 9.78 Å². The Bertz CT molecular complexity index is 545. The second-order valence-electron chi connectivity index (χ2n) is 3.65. The van der Waals surface area contributed by atoms with Gasteiger partial charge in [0.25, 0.3) is 0 Å². The minimum atomic E-state index is -0.222. The maximum Gasteiger partial charge on any atom is 0.237 e. The van der Waals surface area contributed by atoms with Crippen molar-refractivity contribution in [3.63, 3.8) is 0 Å². The molecule has 19 heavy (non-hydrogen) atoms. The van der Waals surface area contributed by atoms with Gasteiger partial charge in [-0.05, 0) is 18.6 Å². The highest BCUT2D eigenvalue weighted by Gasteiger charge is 2.20. The van der Waals surface area contributed by atoms with Crippen molar-refractivity contribution in [3.05, 3.63) is 24.5 Å². The van der Waals surface area contributed by atoms with E-state index in [4.69, 9.17) is 5.73 Å².